The monoisotopic (exact) mass is 288 g/mol. The molecule has 2 bridgehead atoms. The summed E-state index contributed by atoms with van der Waals surface area (Å²) in [5.41, 5.74) is 0.709. The molecule has 0 aromatic heterocycles. The number of nitrogens with zero attached hydrogens (tertiary/aromatic N) is 2. The number of terminal acetylenes is 1. The molecule has 4 nitrogen and oxygen atoms in total. The average molecular weight is 288 g/mol. The van der Waals surface area contributed by atoms with Crippen LogP contribution in [-0.4, -0.2) is 52.7 Å². The number of likely N-dealkylation sites (tertiary alicyclic amines) is 2. The summed E-state index contributed by atoms with van der Waals surface area (Å²) in [6, 6.07) is 1.22. The van der Waals surface area contributed by atoms with Gasteiger partial charge in [0.05, 0.1) is 0 Å². The van der Waals surface area contributed by atoms with Crippen molar-refractivity contribution < 1.29 is 9.53 Å². The van der Waals surface area contributed by atoms with Gasteiger partial charge in [-0.1, -0.05) is 12.0 Å². The zero-order valence-electron chi connectivity index (χ0n) is 13.1. The number of carbonyl (C=O) groups excluding carboxylic acids is 1. The van der Waals surface area contributed by atoms with Gasteiger partial charge in [0.2, 0.25) is 0 Å². The molecule has 3 atom stereocenters. The Balaban J connectivity index is 1.61. The summed E-state index contributed by atoms with van der Waals surface area (Å²) in [7, 11) is 0. The molecule has 21 heavy (non-hydrogen) atoms. The van der Waals surface area contributed by atoms with Crippen molar-refractivity contribution in [3.8, 4) is 12.3 Å². The predicted molar refractivity (Wildman–Crippen MR) is 81.8 cm³/mol. The van der Waals surface area contributed by atoms with E-state index in [2.05, 4.69) is 16.9 Å². The maximum absolute atomic E-state index is 12.2. The van der Waals surface area contributed by atoms with E-state index in [-0.39, 0.29) is 6.09 Å². The third kappa shape index (κ3) is 2.80. The normalized spacial score (nSPS) is 32.2. The van der Waals surface area contributed by atoms with E-state index in [1.807, 2.05) is 25.7 Å². The Bertz CT molecular complexity index is 512. The van der Waals surface area contributed by atoms with Gasteiger partial charge in [-0.25, -0.2) is 4.79 Å². The lowest BCUT2D eigenvalue weighted by molar-refractivity contribution is 0.0108. The van der Waals surface area contributed by atoms with Crippen molar-refractivity contribution in [1.82, 2.24) is 9.80 Å². The lowest BCUT2D eigenvalue weighted by Gasteiger charge is -2.37. The van der Waals surface area contributed by atoms with Crippen LogP contribution in [0.2, 0.25) is 0 Å². The number of hydrogen-bond donors (Lipinski definition) is 0. The summed E-state index contributed by atoms with van der Waals surface area (Å²) in [6.45, 7) is 7.47. The van der Waals surface area contributed by atoms with Crippen molar-refractivity contribution >= 4 is 6.09 Å². The minimum Gasteiger partial charge on any atom is -0.444 e. The molecule has 4 heteroatoms. The lowest BCUT2D eigenvalue weighted by Crippen LogP contribution is -2.52. The Labute approximate surface area is 127 Å². The molecule has 2 heterocycles. The van der Waals surface area contributed by atoms with E-state index in [1.54, 1.807) is 0 Å². The standard InChI is InChI=1S/C17H24N2O2/c1-5-12-6-7-13(8-12)18-10-15-9-14(18)11-19(15)16(20)21-17(2,3)4/h1,8,13-15H,6-7,9-11H2,2-4H3/t13?,14-,15-/m0/s1. The van der Waals surface area contributed by atoms with Crippen LogP contribution in [0.15, 0.2) is 11.6 Å². The number of allylic oxidation sites excluding steroid dienone is 1. The van der Waals surface area contributed by atoms with Crippen LogP contribution in [-0.2, 0) is 4.74 Å². The second-order valence-corrected chi connectivity index (χ2v) is 7.32. The van der Waals surface area contributed by atoms with E-state index < -0.39 is 5.60 Å². The topological polar surface area (TPSA) is 32.8 Å². The van der Waals surface area contributed by atoms with E-state index in [4.69, 9.17) is 11.2 Å². The molecule has 2 fully saturated rings. The van der Waals surface area contributed by atoms with Gasteiger partial charge in [0, 0.05) is 31.2 Å². The van der Waals surface area contributed by atoms with Gasteiger partial charge >= 0.3 is 6.09 Å². The first-order chi connectivity index (χ1) is 9.87. The van der Waals surface area contributed by atoms with Crippen molar-refractivity contribution in [2.45, 2.75) is 63.8 Å². The highest BCUT2D eigenvalue weighted by Crippen LogP contribution is 2.36. The molecule has 1 aliphatic carbocycles. The third-order valence-electron chi connectivity index (χ3n) is 4.63. The summed E-state index contributed by atoms with van der Waals surface area (Å²) in [6.07, 6.45) is 10.8. The quantitative estimate of drug-likeness (QED) is 0.695. The number of ether oxygens (including phenoxy) is 1. The van der Waals surface area contributed by atoms with Gasteiger partial charge in [0.25, 0.3) is 0 Å². The molecule has 114 valence electrons. The fraction of sp³-hybridized carbons (Fsp3) is 0.706. The first-order valence-corrected chi connectivity index (χ1v) is 7.80. The second kappa shape index (κ2) is 5.06. The highest BCUT2D eigenvalue weighted by molar-refractivity contribution is 5.69. The van der Waals surface area contributed by atoms with Crippen LogP contribution in [0.4, 0.5) is 4.79 Å². The molecule has 0 spiro atoms. The van der Waals surface area contributed by atoms with Crippen molar-refractivity contribution in [2.24, 2.45) is 0 Å². The summed E-state index contributed by atoms with van der Waals surface area (Å²) in [5, 5.41) is 0. The smallest absolute Gasteiger partial charge is 0.410 e. The minimum atomic E-state index is -0.422. The van der Waals surface area contributed by atoms with Crippen LogP contribution in [0.25, 0.3) is 0 Å². The van der Waals surface area contributed by atoms with Crippen LogP contribution < -0.4 is 0 Å². The fourth-order valence-electron chi connectivity index (χ4n) is 3.73. The molecule has 0 aromatic carbocycles. The zero-order chi connectivity index (χ0) is 15.2. The Kier molecular flexibility index (Phi) is 3.49. The number of hydrogen-bond acceptors (Lipinski definition) is 3. The highest BCUT2D eigenvalue weighted by atomic mass is 16.6. The van der Waals surface area contributed by atoms with Gasteiger partial charge in [0.15, 0.2) is 0 Å². The van der Waals surface area contributed by atoms with E-state index in [0.29, 0.717) is 18.1 Å². The maximum atomic E-state index is 12.2. The molecule has 2 aliphatic heterocycles. The van der Waals surface area contributed by atoms with Crippen LogP contribution >= 0.6 is 0 Å². The molecular weight excluding hydrogens is 264 g/mol. The maximum Gasteiger partial charge on any atom is 0.410 e. The molecule has 3 aliphatic rings. The van der Waals surface area contributed by atoms with Crippen LogP contribution in [0.3, 0.4) is 0 Å². The lowest BCUT2D eigenvalue weighted by atomic mass is 10.2. The van der Waals surface area contributed by atoms with Crippen molar-refractivity contribution in [2.75, 3.05) is 13.1 Å². The van der Waals surface area contributed by atoms with Crippen molar-refractivity contribution in [1.29, 1.82) is 0 Å². The number of fused-ring (bicyclic) bond motifs is 2. The Hall–Kier alpha value is -1.47. The highest BCUT2D eigenvalue weighted by Gasteiger charge is 2.48. The molecule has 0 saturated carbocycles. The molecule has 3 rings (SSSR count). The second-order valence-electron chi connectivity index (χ2n) is 7.32. The van der Waals surface area contributed by atoms with Gasteiger partial charge in [-0.2, -0.15) is 0 Å². The van der Waals surface area contributed by atoms with Gasteiger partial charge in [-0.15, -0.1) is 6.42 Å². The summed E-state index contributed by atoms with van der Waals surface area (Å²) in [4.78, 5) is 16.7. The van der Waals surface area contributed by atoms with Crippen LogP contribution in [0.1, 0.15) is 40.0 Å². The average Bonchev–Trinajstić information content (AvgIpc) is 3.10. The minimum absolute atomic E-state index is 0.166. The zero-order valence-corrected chi connectivity index (χ0v) is 13.1. The number of piperazine rings is 1. The molecule has 0 aromatic rings. The Morgan fingerprint density at radius 1 is 1.38 bits per heavy atom. The number of carbonyl (C=O) groups is 1. The summed E-state index contributed by atoms with van der Waals surface area (Å²) in [5.74, 6) is 2.76. The summed E-state index contributed by atoms with van der Waals surface area (Å²) < 4.78 is 5.50. The van der Waals surface area contributed by atoms with E-state index >= 15 is 0 Å². The Morgan fingerprint density at radius 3 is 2.67 bits per heavy atom. The predicted octanol–water partition coefficient (Wildman–Crippen LogP) is 2.40. The van der Waals surface area contributed by atoms with E-state index in [1.165, 1.54) is 0 Å². The molecular formula is C17H24N2O2. The first-order valence-electron chi connectivity index (χ1n) is 7.80. The van der Waals surface area contributed by atoms with Crippen LogP contribution in [0, 0.1) is 12.3 Å². The fourth-order valence-corrected chi connectivity index (χ4v) is 3.73. The van der Waals surface area contributed by atoms with Crippen LogP contribution in [0.5, 0.6) is 0 Å². The molecule has 2 saturated heterocycles. The third-order valence-corrected chi connectivity index (χ3v) is 4.63. The molecule has 0 radical (unpaired) electrons. The van der Waals surface area contributed by atoms with Gasteiger partial charge in [-0.05, 0) is 45.6 Å². The Morgan fingerprint density at radius 2 is 2.14 bits per heavy atom. The van der Waals surface area contributed by atoms with Gasteiger partial charge < -0.3 is 9.64 Å². The summed E-state index contributed by atoms with van der Waals surface area (Å²) >= 11 is 0. The molecule has 1 unspecified atom stereocenters. The van der Waals surface area contributed by atoms with Crippen molar-refractivity contribution in [3.63, 3.8) is 0 Å². The largest absolute Gasteiger partial charge is 0.444 e. The van der Waals surface area contributed by atoms with Gasteiger partial charge in [0.1, 0.15) is 5.60 Å². The van der Waals surface area contributed by atoms with E-state index in [0.717, 1.165) is 37.9 Å². The van der Waals surface area contributed by atoms with Crippen molar-refractivity contribution in [3.05, 3.63) is 11.6 Å². The number of rotatable bonds is 1. The SMILES string of the molecule is C#CC1=CC(N2C[C@@H]3C[C@H]2CN3C(=O)OC(C)(C)C)CC1. The first kappa shape index (κ1) is 14.5. The van der Waals surface area contributed by atoms with Gasteiger partial charge in [-0.3, -0.25) is 4.90 Å². The molecule has 0 N–H and O–H groups in total. The number of amides is 1. The molecule has 1 amide bonds. The van der Waals surface area contributed by atoms with E-state index in [9.17, 15) is 4.79 Å².